The van der Waals surface area contributed by atoms with Gasteiger partial charge in [-0.3, -0.25) is 14.3 Å². The molecule has 0 bridgehead atoms. The van der Waals surface area contributed by atoms with Crippen LogP contribution >= 0.6 is 0 Å². The lowest BCUT2D eigenvalue weighted by Crippen LogP contribution is -2.23. The van der Waals surface area contributed by atoms with E-state index in [1.165, 1.54) is 0 Å². The zero-order valence-electron chi connectivity index (χ0n) is 17.5. The average molecular weight is 403 g/mol. The van der Waals surface area contributed by atoms with Gasteiger partial charge in [-0.2, -0.15) is 0 Å². The van der Waals surface area contributed by atoms with Crippen LogP contribution in [-0.4, -0.2) is 28.3 Å². The van der Waals surface area contributed by atoms with Gasteiger partial charge in [-0.1, -0.05) is 38.1 Å². The molecule has 154 valence electrons. The molecule has 2 aromatic heterocycles. The minimum Gasteiger partial charge on any atom is -0.493 e. The summed E-state index contributed by atoms with van der Waals surface area (Å²) in [5, 5.41) is 1.64. The van der Waals surface area contributed by atoms with E-state index in [1.807, 2.05) is 30.3 Å². The Morgan fingerprint density at radius 1 is 1.03 bits per heavy atom. The highest BCUT2D eigenvalue weighted by molar-refractivity contribution is 5.81. The van der Waals surface area contributed by atoms with Gasteiger partial charge in [-0.25, -0.2) is 4.98 Å². The zero-order chi connectivity index (χ0) is 21.1. The minimum atomic E-state index is -0.0719. The van der Waals surface area contributed by atoms with Gasteiger partial charge in [0.2, 0.25) is 0 Å². The van der Waals surface area contributed by atoms with Crippen LogP contribution in [0.3, 0.4) is 0 Å². The first-order valence-corrected chi connectivity index (χ1v) is 10.1. The third kappa shape index (κ3) is 4.13. The third-order valence-electron chi connectivity index (χ3n) is 4.94. The predicted molar refractivity (Wildman–Crippen MR) is 118 cm³/mol. The Morgan fingerprint density at radius 3 is 2.67 bits per heavy atom. The summed E-state index contributed by atoms with van der Waals surface area (Å²) in [7, 11) is 1.58. The summed E-state index contributed by atoms with van der Waals surface area (Å²) in [6, 6.07) is 15.6. The van der Waals surface area contributed by atoms with Crippen molar-refractivity contribution in [3.8, 4) is 11.5 Å². The number of benzene rings is 2. The van der Waals surface area contributed by atoms with Crippen molar-refractivity contribution in [1.29, 1.82) is 0 Å². The molecule has 0 atom stereocenters. The van der Waals surface area contributed by atoms with Crippen LogP contribution in [0.4, 0.5) is 0 Å². The molecule has 6 nitrogen and oxygen atoms in total. The Labute approximate surface area is 175 Å². The van der Waals surface area contributed by atoms with Crippen LogP contribution in [0.15, 0.2) is 59.7 Å². The van der Waals surface area contributed by atoms with Crippen molar-refractivity contribution in [2.24, 2.45) is 5.92 Å². The summed E-state index contributed by atoms with van der Waals surface area (Å²) in [6.45, 7) is 5.19. The van der Waals surface area contributed by atoms with Crippen molar-refractivity contribution in [2.45, 2.75) is 26.8 Å². The molecule has 0 saturated heterocycles. The Morgan fingerprint density at radius 2 is 1.87 bits per heavy atom. The Bertz CT molecular complexity index is 1250. The van der Waals surface area contributed by atoms with Crippen molar-refractivity contribution in [3.05, 3.63) is 70.9 Å². The van der Waals surface area contributed by atoms with Gasteiger partial charge in [0.15, 0.2) is 11.5 Å². The largest absolute Gasteiger partial charge is 0.493 e. The fraction of sp³-hybridized carbons (Fsp3) is 0.292. The van der Waals surface area contributed by atoms with Gasteiger partial charge >= 0.3 is 0 Å². The van der Waals surface area contributed by atoms with E-state index in [9.17, 15) is 4.79 Å². The molecule has 30 heavy (non-hydrogen) atoms. The molecule has 0 aliphatic rings. The summed E-state index contributed by atoms with van der Waals surface area (Å²) in [5.41, 5.74) is 2.45. The van der Waals surface area contributed by atoms with E-state index in [2.05, 4.69) is 29.9 Å². The van der Waals surface area contributed by atoms with Crippen LogP contribution < -0.4 is 15.0 Å². The molecule has 0 unspecified atom stereocenters. The maximum absolute atomic E-state index is 12.9. The van der Waals surface area contributed by atoms with Gasteiger partial charge in [0, 0.05) is 30.1 Å². The van der Waals surface area contributed by atoms with Gasteiger partial charge in [0.05, 0.1) is 36.5 Å². The highest BCUT2D eigenvalue weighted by atomic mass is 16.5. The van der Waals surface area contributed by atoms with Gasteiger partial charge in [0.1, 0.15) is 0 Å². The molecule has 0 fully saturated rings. The SMILES string of the molecule is COc1cc2ncn(CC(C)C)c(=O)c2cc1OCCc1ccc2ccccc2n1. The molecule has 6 heteroatoms. The van der Waals surface area contributed by atoms with Crippen molar-refractivity contribution >= 4 is 21.8 Å². The first kappa shape index (κ1) is 19.9. The lowest BCUT2D eigenvalue weighted by Gasteiger charge is -2.13. The number of methoxy groups -OCH3 is 1. The number of fused-ring (bicyclic) bond motifs is 2. The molecule has 0 amide bonds. The molecule has 0 N–H and O–H groups in total. The number of rotatable bonds is 7. The smallest absolute Gasteiger partial charge is 0.261 e. The monoisotopic (exact) mass is 403 g/mol. The number of hydrogen-bond acceptors (Lipinski definition) is 5. The molecular weight excluding hydrogens is 378 g/mol. The first-order chi connectivity index (χ1) is 14.5. The number of nitrogens with zero attached hydrogens (tertiary/aromatic N) is 3. The standard InChI is InChI=1S/C24H25N3O3/c1-16(2)14-27-15-25-21-13-22(29-3)23(12-19(21)24(27)28)30-11-10-18-9-8-17-6-4-5-7-20(17)26-18/h4-9,12-13,15-16H,10-11,14H2,1-3H3. The minimum absolute atomic E-state index is 0.0719. The van der Waals surface area contributed by atoms with Crippen molar-refractivity contribution in [1.82, 2.24) is 14.5 Å². The fourth-order valence-corrected chi connectivity index (χ4v) is 3.48. The molecule has 0 saturated carbocycles. The molecule has 4 rings (SSSR count). The first-order valence-electron chi connectivity index (χ1n) is 10.1. The molecule has 2 aromatic carbocycles. The van der Waals surface area contributed by atoms with E-state index in [1.54, 1.807) is 30.1 Å². The van der Waals surface area contributed by atoms with E-state index < -0.39 is 0 Å². The molecule has 0 radical (unpaired) electrons. The number of ether oxygens (including phenoxy) is 2. The van der Waals surface area contributed by atoms with Crippen molar-refractivity contribution < 1.29 is 9.47 Å². The summed E-state index contributed by atoms with van der Waals surface area (Å²) in [5.74, 6) is 1.44. The summed E-state index contributed by atoms with van der Waals surface area (Å²) < 4.78 is 13.1. The normalized spacial score (nSPS) is 11.3. The molecular formula is C24H25N3O3. The topological polar surface area (TPSA) is 66.2 Å². The second kappa shape index (κ2) is 8.53. The second-order valence-corrected chi connectivity index (χ2v) is 7.71. The molecule has 0 aliphatic heterocycles. The second-order valence-electron chi connectivity index (χ2n) is 7.71. The van der Waals surface area contributed by atoms with E-state index >= 15 is 0 Å². The lowest BCUT2D eigenvalue weighted by molar-refractivity contribution is 0.297. The molecule has 4 aromatic rings. The number of pyridine rings is 1. The number of hydrogen-bond donors (Lipinski definition) is 0. The van der Waals surface area contributed by atoms with Crippen molar-refractivity contribution in [2.75, 3.05) is 13.7 Å². The predicted octanol–water partition coefficient (Wildman–Crippen LogP) is 4.23. The van der Waals surface area contributed by atoms with Gasteiger partial charge in [0.25, 0.3) is 5.56 Å². The van der Waals surface area contributed by atoms with Crippen LogP contribution in [0.2, 0.25) is 0 Å². The van der Waals surface area contributed by atoms with E-state index in [-0.39, 0.29) is 5.56 Å². The number of para-hydroxylation sites is 1. The summed E-state index contributed by atoms with van der Waals surface area (Å²) in [6.07, 6.45) is 2.24. The highest BCUT2D eigenvalue weighted by Crippen LogP contribution is 2.30. The Hall–Kier alpha value is -3.41. The molecule has 0 aliphatic carbocycles. The lowest BCUT2D eigenvalue weighted by atomic mass is 10.2. The van der Waals surface area contributed by atoms with Gasteiger partial charge < -0.3 is 9.47 Å². The maximum Gasteiger partial charge on any atom is 0.261 e. The van der Waals surface area contributed by atoms with Gasteiger partial charge in [-0.15, -0.1) is 0 Å². The summed E-state index contributed by atoms with van der Waals surface area (Å²) >= 11 is 0. The number of aromatic nitrogens is 3. The summed E-state index contributed by atoms with van der Waals surface area (Å²) in [4.78, 5) is 21.9. The molecule has 2 heterocycles. The van der Waals surface area contributed by atoms with E-state index in [4.69, 9.17) is 9.47 Å². The van der Waals surface area contributed by atoms with Crippen LogP contribution in [0.5, 0.6) is 11.5 Å². The maximum atomic E-state index is 12.9. The van der Waals surface area contributed by atoms with E-state index in [0.717, 1.165) is 16.6 Å². The van der Waals surface area contributed by atoms with E-state index in [0.29, 0.717) is 47.9 Å². The van der Waals surface area contributed by atoms with Crippen LogP contribution in [0.25, 0.3) is 21.8 Å². The average Bonchev–Trinajstić information content (AvgIpc) is 2.75. The Balaban J connectivity index is 1.57. The third-order valence-corrected chi connectivity index (χ3v) is 4.94. The van der Waals surface area contributed by atoms with Crippen LogP contribution in [0, 0.1) is 5.92 Å². The molecule has 0 spiro atoms. The quantitative estimate of drug-likeness (QED) is 0.462. The van der Waals surface area contributed by atoms with Crippen LogP contribution in [0.1, 0.15) is 19.5 Å². The Kier molecular flexibility index (Phi) is 5.65. The highest BCUT2D eigenvalue weighted by Gasteiger charge is 2.12. The van der Waals surface area contributed by atoms with Crippen molar-refractivity contribution in [3.63, 3.8) is 0 Å². The fourth-order valence-electron chi connectivity index (χ4n) is 3.48. The zero-order valence-corrected chi connectivity index (χ0v) is 17.5. The van der Waals surface area contributed by atoms with Gasteiger partial charge in [-0.05, 0) is 24.1 Å². The van der Waals surface area contributed by atoms with Crippen LogP contribution in [-0.2, 0) is 13.0 Å².